The molecule has 0 radical (unpaired) electrons. The van der Waals surface area contributed by atoms with E-state index >= 15 is 0 Å². The van der Waals surface area contributed by atoms with Gasteiger partial charge in [0.15, 0.2) is 0 Å². The Labute approximate surface area is 91.5 Å². The van der Waals surface area contributed by atoms with Gasteiger partial charge in [-0.3, -0.25) is 4.90 Å². The van der Waals surface area contributed by atoms with E-state index in [2.05, 4.69) is 42.2 Å². The molecule has 1 saturated heterocycles. The summed E-state index contributed by atoms with van der Waals surface area (Å²) in [7, 11) is 0. The standard InChI is InChI=1S/C13H19NO/c1-11(13-5-3-2-4-6-13)14-9-12(10-14)7-8-15/h2-6,11-12,15H,7-10H2,1H3. The van der Waals surface area contributed by atoms with Gasteiger partial charge in [-0.05, 0) is 24.8 Å². The van der Waals surface area contributed by atoms with Gasteiger partial charge in [-0.2, -0.15) is 0 Å². The maximum absolute atomic E-state index is 8.83. The molecule has 0 amide bonds. The monoisotopic (exact) mass is 205 g/mol. The highest BCUT2D eigenvalue weighted by molar-refractivity contribution is 5.18. The molecule has 1 heterocycles. The lowest BCUT2D eigenvalue weighted by atomic mass is 9.93. The van der Waals surface area contributed by atoms with Gasteiger partial charge in [0.05, 0.1) is 0 Å². The van der Waals surface area contributed by atoms with Gasteiger partial charge in [-0.1, -0.05) is 30.3 Å². The van der Waals surface area contributed by atoms with Gasteiger partial charge < -0.3 is 5.11 Å². The molecular formula is C13H19NO. The summed E-state index contributed by atoms with van der Waals surface area (Å²) >= 11 is 0. The molecule has 1 aromatic carbocycles. The Morgan fingerprint density at radius 2 is 2.00 bits per heavy atom. The number of benzene rings is 1. The largest absolute Gasteiger partial charge is 0.396 e. The van der Waals surface area contributed by atoms with Crippen LogP contribution < -0.4 is 0 Å². The maximum atomic E-state index is 8.83. The third-order valence-corrected chi connectivity index (χ3v) is 3.35. The summed E-state index contributed by atoms with van der Waals surface area (Å²) in [6.07, 6.45) is 0.956. The van der Waals surface area contributed by atoms with Crippen LogP contribution in [0.15, 0.2) is 30.3 Å². The summed E-state index contributed by atoms with van der Waals surface area (Å²) in [6, 6.07) is 11.1. The molecule has 1 aliphatic rings. The zero-order valence-corrected chi connectivity index (χ0v) is 9.26. The first-order valence-electron chi connectivity index (χ1n) is 5.71. The highest BCUT2D eigenvalue weighted by Gasteiger charge is 2.29. The zero-order chi connectivity index (χ0) is 10.7. The SMILES string of the molecule is CC(c1ccccc1)N1CC(CCO)C1. The summed E-state index contributed by atoms with van der Waals surface area (Å²) in [6.45, 7) is 4.86. The number of nitrogens with zero attached hydrogens (tertiary/aromatic N) is 1. The number of hydrogen-bond donors (Lipinski definition) is 1. The lowest BCUT2D eigenvalue weighted by Gasteiger charge is -2.43. The number of aliphatic hydroxyl groups is 1. The van der Waals surface area contributed by atoms with E-state index in [4.69, 9.17) is 5.11 Å². The smallest absolute Gasteiger partial charge is 0.0434 e. The van der Waals surface area contributed by atoms with Crippen molar-refractivity contribution in [3.8, 4) is 0 Å². The van der Waals surface area contributed by atoms with Crippen molar-refractivity contribution < 1.29 is 5.11 Å². The molecule has 1 N–H and O–H groups in total. The van der Waals surface area contributed by atoms with Crippen LogP contribution in [0, 0.1) is 5.92 Å². The Kier molecular flexibility index (Phi) is 3.39. The quantitative estimate of drug-likeness (QED) is 0.813. The average Bonchev–Trinajstić information content (AvgIpc) is 2.23. The number of likely N-dealkylation sites (tertiary alicyclic amines) is 1. The van der Waals surface area contributed by atoms with Crippen molar-refractivity contribution in [1.82, 2.24) is 4.90 Å². The molecule has 2 nitrogen and oxygen atoms in total. The fraction of sp³-hybridized carbons (Fsp3) is 0.538. The van der Waals surface area contributed by atoms with Gasteiger partial charge in [0.2, 0.25) is 0 Å². The molecular weight excluding hydrogens is 186 g/mol. The first-order chi connectivity index (χ1) is 7.31. The molecule has 15 heavy (non-hydrogen) atoms. The van der Waals surface area contributed by atoms with Crippen LogP contribution in [0.2, 0.25) is 0 Å². The lowest BCUT2D eigenvalue weighted by Crippen LogP contribution is -2.47. The van der Waals surface area contributed by atoms with Crippen LogP contribution in [-0.4, -0.2) is 29.7 Å². The molecule has 2 heteroatoms. The minimum Gasteiger partial charge on any atom is -0.396 e. The predicted octanol–water partition coefficient (Wildman–Crippen LogP) is 2.06. The highest BCUT2D eigenvalue weighted by Crippen LogP contribution is 2.29. The Hall–Kier alpha value is -0.860. The average molecular weight is 205 g/mol. The van der Waals surface area contributed by atoms with Crippen LogP contribution in [0.4, 0.5) is 0 Å². The Morgan fingerprint density at radius 1 is 1.33 bits per heavy atom. The molecule has 0 saturated carbocycles. The summed E-state index contributed by atoms with van der Waals surface area (Å²) in [4.78, 5) is 2.47. The molecule has 0 aromatic heterocycles. The number of hydrogen-bond acceptors (Lipinski definition) is 2. The lowest BCUT2D eigenvalue weighted by molar-refractivity contribution is 0.0445. The van der Waals surface area contributed by atoms with Gasteiger partial charge >= 0.3 is 0 Å². The first-order valence-corrected chi connectivity index (χ1v) is 5.71. The summed E-state index contributed by atoms with van der Waals surface area (Å²) in [5.74, 6) is 0.709. The Balaban J connectivity index is 1.87. The zero-order valence-electron chi connectivity index (χ0n) is 9.26. The topological polar surface area (TPSA) is 23.5 Å². The molecule has 0 spiro atoms. The number of rotatable bonds is 4. The Morgan fingerprint density at radius 3 is 2.60 bits per heavy atom. The van der Waals surface area contributed by atoms with E-state index in [0.717, 1.165) is 19.5 Å². The van der Waals surface area contributed by atoms with Crippen molar-refractivity contribution in [2.45, 2.75) is 19.4 Å². The van der Waals surface area contributed by atoms with Crippen molar-refractivity contribution >= 4 is 0 Å². The molecule has 2 rings (SSSR count). The molecule has 1 aromatic rings. The van der Waals surface area contributed by atoms with Crippen molar-refractivity contribution in [2.75, 3.05) is 19.7 Å². The second-order valence-electron chi connectivity index (χ2n) is 4.42. The van der Waals surface area contributed by atoms with E-state index in [-0.39, 0.29) is 0 Å². The van der Waals surface area contributed by atoms with Crippen LogP contribution in [0.1, 0.15) is 24.9 Å². The van der Waals surface area contributed by atoms with E-state index in [1.165, 1.54) is 5.56 Å². The van der Waals surface area contributed by atoms with Gasteiger partial charge in [0, 0.05) is 25.7 Å². The van der Waals surface area contributed by atoms with Gasteiger partial charge in [0.25, 0.3) is 0 Å². The number of aliphatic hydroxyl groups excluding tert-OH is 1. The normalized spacial score (nSPS) is 19.9. The maximum Gasteiger partial charge on any atom is 0.0434 e. The third-order valence-electron chi connectivity index (χ3n) is 3.35. The second kappa shape index (κ2) is 4.77. The minimum absolute atomic E-state index is 0.332. The molecule has 82 valence electrons. The Bertz CT molecular complexity index is 293. The summed E-state index contributed by atoms with van der Waals surface area (Å²) in [5, 5.41) is 8.83. The van der Waals surface area contributed by atoms with E-state index in [1.54, 1.807) is 0 Å². The van der Waals surface area contributed by atoms with Crippen molar-refractivity contribution in [3.63, 3.8) is 0 Å². The molecule has 1 fully saturated rings. The van der Waals surface area contributed by atoms with Gasteiger partial charge in [0.1, 0.15) is 0 Å². The van der Waals surface area contributed by atoms with E-state index in [1.807, 2.05) is 0 Å². The summed E-state index contributed by atoms with van der Waals surface area (Å²) in [5.41, 5.74) is 1.39. The van der Waals surface area contributed by atoms with Crippen molar-refractivity contribution in [2.24, 2.45) is 5.92 Å². The van der Waals surface area contributed by atoms with Crippen LogP contribution in [-0.2, 0) is 0 Å². The van der Waals surface area contributed by atoms with E-state index < -0.39 is 0 Å². The van der Waals surface area contributed by atoms with E-state index in [0.29, 0.717) is 18.6 Å². The molecule has 1 atom stereocenters. The fourth-order valence-electron chi connectivity index (χ4n) is 2.23. The van der Waals surface area contributed by atoms with Crippen LogP contribution >= 0.6 is 0 Å². The van der Waals surface area contributed by atoms with Crippen LogP contribution in [0.3, 0.4) is 0 Å². The molecule has 1 aliphatic heterocycles. The second-order valence-corrected chi connectivity index (χ2v) is 4.42. The highest BCUT2D eigenvalue weighted by atomic mass is 16.3. The van der Waals surface area contributed by atoms with E-state index in [9.17, 15) is 0 Å². The molecule has 1 unspecified atom stereocenters. The summed E-state index contributed by atoms with van der Waals surface area (Å²) < 4.78 is 0. The predicted molar refractivity (Wildman–Crippen MR) is 61.6 cm³/mol. The minimum atomic E-state index is 0.332. The molecule has 0 bridgehead atoms. The first kappa shape index (κ1) is 10.7. The van der Waals surface area contributed by atoms with Gasteiger partial charge in [-0.25, -0.2) is 0 Å². The third kappa shape index (κ3) is 2.39. The molecule has 0 aliphatic carbocycles. The van der Waals surface area contributed by atoms with Crippen molar-refractivity contribution in [3.05, 3.63) is 35.9 Å². The van der Waals surface area contributed by atoms with Gasteiger partial charge in [-0.15, -0.1) is 0 Å². The fourth-order valence-corrected chi connectivity index (χ4v) is 2.23. The van der Waals surface area contributed by atoms with Crippen LogP contribution in [0.25, 0.3) is 0 Å². The van der Waals surface area contributed by atoms with Crippen molar-refractivity contribution in [1.29, 1.82) is 0 Å². The van der Waals surface area contributed by atoms with Crippen LogP contribution in [0.5, 0.6) is 0 Å².